The number of fused-ring (bicyclic) bond motifs is 2. The third kappa shape index (κ3) is 3.99. The van der Waals surface area contributed by atoms with Crippen LogP contribution in [0.15, 0.2) is 78.9 Å². The number of carbonyl (C=O) groups is 2. The minimum absolute atomic E-state index is 0.0204. The molecule has 6 heteroatoms. The zero-order valence-corrected chi connectivity index (χ0v) is 19.0. The van der Waals surface area contributed by atoms with Gasteiger partial charge in [-0.15, -0.1) is 0 Å². The van der Waals surface area contributed by atoms with Crippen LogP contribution in [0.3, 0.4) is 0 Å². The van der Waals surface area contributed by atoms with Crippen molar-refractivity contribution in [2.45, 2.75) is 19.4 Å². The molecule has 1 atom stereocenters. The first-order valence-electron chi connectivity index (χ1n) is 11.2. The molecular weight excluding hydrogens is 428 g/mol. The molecule has 0 fully saturated rings. The lowest BCUT2D eigenvalue weighted by Crippen LogP contribution is -2.38. The highest BCUT2D eigenvalue weighted by Gasteiger charge is 2.31. The molecule has 3 aromatic carbocycles. The fraction of sp³-hybridized carbons (Fsp3) is 0.179. The average molecular weight is 453 g/mol. The minimum Gasteiger partial charge on any atom is -0.497 e. The number of esters is 1. The molecule has 170 valence electrons. The van der Waals surface area contributed by atoms with Crippen molar-refractivity contribution in [2.24, 2.45) is 0 Å². The molecule has 1 amide bonds. The molecule has 0 saturated carbocycles. The van der Waals surface area contributed by atoms with Gasteiger partial charge < -0.3 is 14.4 Å². The van der Waals surface area contributed by atoms with E-state index < -0.39 is 5.97 Å². The van der Waals surface area contributed by atoms with E-state index in [1.165, 1.54) is 0 Å². The zero-order valence-electron chi connectivity index (χ0n) is 19.0. The molecule has 1 aliphatic rings. The van der Waals surface area contributed by atoms with Gasteiger partial charge in [-0.05, 0) is 61.4 Å². The van der Waals surface area contributed by atoms with Gasteiger partial charge >= 0.3 is 5.97 Å². The molecule has 0 radical (unpaired) electrons. The number of carbonyl (C=O) groups excluding carboxylic acids is 2. The summed E-state index contributed by atoms with van der Waals surface area (Å²) in [7, 11) is 1.61. The van der Waals surface area contributed by atoms with Crippen molar-refractivity contribution in [3.63, 3.8) is 0 Å². The molecule has 1 aliphatic heterocycles. The van der Waals surface area contributed by atoms with Crippen molar-refractivity contribution in [2.75, 3.05) is 18.6 Å². The van der Waals surface area contributed by atoms with Crippen molar-refractivity contribution in [1.29, 1.82) is 0 Å². The van der Waals surface area contributed by atoms with Crippen molar-refractivity contribution >= 4 is 28.5 Å². The molecule has 0 aliphatic carbocycles. The van der Waals surface area contributed by atoms with Crippen LogP contribution >= 0.6 is 0 Å². The number of rotatable bonds is 5. The van der Waals surface area contributed by atoms with Crippen LogP contribution in [0.1, 0.15) is 22.8 Å². The van der Waals surface area contributed by atoms with Crippen LogP contribution in [0.25, 0.3) is 22.2 Å². The summed E-state index contributed by atoms with van der Waals surface area (Å²) in [6.07, 6.45) is 0.788. The summed E-state index contributed by atoms with van der Waals surface area (Å²) in [4.78, 5) is 32.6. The Bertz CT molecular complexity index is 1380. The highest BCUT2D eigenvalue weighted by Crippen LogP contribution is 2.32. The van der Waals surface area contributed by atoms with Crippen LogP contribution in [0.4, 0.5) is 5.69 Å². The number of methoxy groups -OCH3 is 1. The summed E-state index contributed by atoms with van der Waals surface area (Å²) >= 11 is 0. The van der Waals surface area contributed by atoms with E-state index in [0.29, 0.717) is 22.2 Å². The lowest BCUT2D eigenvalue weighted by Gasteiger charge is -2.22. The van der Waals surface area contributed by atoms with Gasteiger partial charge in [-0.1, -0.05) is 36.4 Å². The molecular formula is C28H24N2O4. The van der Waals surface area contributed by atoms with Crippen molar-refractivity contribution in [1.82, 2.24) is 4.98 Å². The summed E-state index contributed by atoms with van der Waals surface area (Å²) in [5, 5.41) is 0.678. The van der Waals surface area contributed by atoms with Gasteiger partial charge in [-0.3, -0.25) is 4.79 Å². The van der Waals surface area contributed by atoms with Gasteiger partial charge in [0.15, 0.2) is 6.61 Å². The minimum atomic E-state index is -0.554. The van der Waals surface area contributed by atoms with Crippen LogP contribution in [-0.4, -0.2) is 36.6 Å². The van der Waals surface area contributed by atoms with Gasteiger partial charge in [-0.25, -0.2) is 9.78 Å². The molecule has 4 aromatic rings. The van der Waals surface area contributed by atoms with Gasteiger partial charge in [-0.2, -0.15) is 0 Å². The summed E-state index contributed by atoms with van der Waals surface area (Å²) in [6, 6.07) is 24.4. The second-order valence-corrected chi connectivity index (χ2v) is 8.32. The first-order chi connectivity index (χ1) is 16.5. The number of aromatic nitrogens is 1. The first-order valence-corrected chi connectivity index (χ1v) is 11.2. The molecule has 5 rings (SSSR count). The molecule has 34 heavy (non-hydrogen) atoms. The number of ether oxygens (including phenoxy) is 2. The number of anilines is 1. The molecule has 6 nitrogen and oxygen atoms in total. The van der Waals surface area contributed by atoms with Crippen LogP contribution in [0.5, 0.6) is 5.75 Å². The lowest BCUT2D eigenvalue weighted by molar-refractivity contribution is -0.122. The van der Waals surface area contributed by atoms with Gasteiger partial charge in [0, 0.05) is 22.7 Å². The predicted octanol–water partition coefficient (Wildman–Crippen LogP) is 5.05. The third-order valence-electron chi connectivity index (χ3n) is 6.12. The first kappa shape index (κ1) is 21.6. The lowest BCUT2D eigenvalue weighted by atomic mass is 10.0. The standard InChI is InChI=1S/C28H24N2O4/c1-18-15-20-7-3-6-10-26(20)30(18)27(31)17-34-28(32)23-16-25(19-11-13-21(33-2)14-12-19)29-24-9-5-4-8-22(23)24/h3-14,16,18H,15,17H2,1-2H3/t18-/m0/s1. The highest BCUT2D eigenvalue weighted by molar-refractivity contribution is 6.06. The Hall–Kier alpha value is -4.19. The Morgan fingerprint density at radius 3 is 2.53 bits per heavy atom. The van der Waals surface area contributed by atoms with Crippen LogP contribution in [-0.2, 0) is 16.0 Å². The second kappa shape index (κ2) is 8.98. The average Bonchev–Trinajstić information content (AvgIpc) is 3.22. The van der Waals surface area contributed by atoms with E-state index in [-0.39, 0.29) is 18.6 Å². The number of amides is 1. The fourth-order valence-corrected chi connectivity index (χ4v) is 4.47. The van der Waals surface area contributed by atoms with Gasteiger partial charge in [0.05, 0.1) is 23.9 Å². The number of hydrogen-bond donors (Lipinski definition) is 0. The zero-order chi connectivity index (χ0) is 23.7. The topological polar surface area (TPSA) is 68.7 Å². The van der Waals surface area contributed by atoms with Crippen molar-refractivity contribution in [3.05, 3.63) is 90.0 Å². The van der Waals surface area contributed by atoms with E-state index in [4.69, 9.17) is 14.5 Å². The Labute approximate surface area is 197 Å². The van der Waals surface area contributed by atoms with E-state index in [0.717, 1.165) is 29.0 Å². The molecule has 0 N–H and O–H groups in total. The maximum Gasteiger partial charge on any atom is 0.339 e. The van der Waals surface area contributed by atoms with Crippen LogP contribution in [0, 0.1) is 0 Å². The van der Waals surface area contributed by atoms with Crippen molar-refractivity contribution in [3.8, 4) is 17.0 Å². The van der Waals surface area contributed by atoms with Crippen LogP contribution < -0.4 is 9.64 Å². The summed E-state index contributed by atoms with van der Waals surface area (Å²) in [6.45, 7) is 1.67. The number of nitrogens with zero attached hydrogens (tertiary/aromatic N) is 2. The van der Waals surface area contributed by atoms with Crippen LogP contribution in [0.2, 0.25) is 0 Å². The SMILES string of the molecule is COc1ccc(-c2cc(C(=O)OCC(=O)N3c4ccccc4C[C@@H]3C)c3ccccc3n2)cc1. The van der Waals surface area contributed by atoms with E-state index in [1.807, 2.05) is 79.7 Å². The van der Waals surface area contributed by atoms with E-state index >= 15 is 0 Å². The maximum atomic E-state index is 13.1. The van der Waals surface area contributed by atoms with Gasteiger partial charge in [0.25, 0.3) is 5.91 Å². The molecule has 0 spiro atoms. The van der Waals surface area contributed by atoms with Gasteiger partial charge in [0.1, 0.15) is 5.75 Å². The summed E-state index contributed by atoms with van der Waals surface area (Å²) in [5.74, 6) is -0.0539. The smallest absolute Gasteiger partial charge is 0.339 e. The highest BCUT2D eigenvalue weighted by atomic mass is 16.5. The summed E-state index contributed by atoms with van der Waals surface area (Å²) in [5.41, 5.74) is 4.54. The molecule has 2 heterocycles. The number of hydrogen-bond acceptors (Lipinski definition) is 5. The molecule has 1 aromatic heterocycles. The number of benzene rings is 3. The Morgan fingerprint density at radius 1 is 1.00 bits per heavy atom. The predicted molar refractivity (Wildman–Crippen MR) is 131 cm³/mol. The van der Waals surface area contributed by atoms with E-state index in [9.17, 15) is 9.59 Å². The van der Waals surface area contributed by atoms with E-state index in [1.54, 1.807) is 18.1 Å². The van der Waals surface area contributed by atoms with E-state index in [2.05, 4.69) is 0 Å². The Morgan fingerprint density at radius 2 is 1.74 bits per heavy atom. The largest absolute Gasteiger partial charge is 0.497 e. The van der Waals surface area contributed by atoms with Gasteiger partial charge in [0.2, 0.25) is 0 Å². The molecule has 0 bridgehead atoms. The Balaban J connectivity index is 1.41. The third-order valence-corrected chi connectivity index (χ3v) is 6.12. The Kier molecular flexibility index (Phi) is 5.72. The maximum absolute atomic E-state index is 13.1. The monoisotopic (exact) mass is 452 g/mol. The summed E-state index contributed by atoms with van der Waals surface area (Å²) < 4.78 is 10.8. The molecule has 0 unspecified atom stereocenters. The fourth-order valence-electron chi connectivity index (χ4n) is 4.47. The normalized spacial score (nSPS) is 14.6. The number of pyridine rings is 1. The quantitative estimate of drug-likeness (QED) is 0.397. The molecule has 0 saturated heterocycles. The second-order valence-electron chi connectivity index (χ2n) is 8.32. The number of para-hydroxylation sites is 2. The van der Waals surface area contributed by atoms with Crippen molar-refractivity contribution < 1.29 is 19.1 Å².